The van der Waals surface area contributed by atoms with E-state index in [1.54, 1.807) is 0 Å². The number of furan rings is 1. The molecular weight excluding hydrogens is 1050 g/mol. The van der Waals surface area contributed by atoms with Crippen molar-refractivity contribution in [3.05, 3.63) is 175 Å². The maximum Gasteiger partial charge on any atom is 0.216 e. The summed E-state index contributed by atoms with van der Waals surface area (Å²) in [6.07, 6.45) is 2.04. The van der Waals surface area contributed by atoms with Gasteiger partial charge in [0.05, 0.1) is 36.2 Å². The second-order valence-electron chi connectivity index (χ2n) is 22.2. The van der Waals surface area contributed by atoms with Gasteiger partial charge in [0.1, 0.15) is 0 Å². The summed E-state index contributed by atoms with van der Waals surface area (Å²) in [5, 5.41) is 10.7. The second-order valence-corrected chi connectivity index (χ2v) is 27.3. The van der Waals surface area contributed by atoms with Gasteiger partial charge in [0.25, 0.3) is 0 Å². The molecule has 7 heteroatoms. The number of rotatable bonds is 6. The molecule has 1 unspecified atom stereocenters. The number of hydrogen-bond donors (Lipinski definition) is 0. The van der Waals surface area contributed by atoms with Crippen molar-refractivity contribution in [3.63, 3.8) is 0 Å². The molecule has 7 aromatic carbocycles. The normalized spacial score (nSPS) is 12.8. The molecule has 0 saturated heterocycles. The first-order valence-corrected chi connectivity index (χ1v) is 28.0. The SMILES string of the molecule is CC(C)(C)c1cc[c-]c(-c2ccc([Si](C)(C)C)cn2)c1.CC(C)c1c(-n2c(-c3[c-]ccc4c3oc3nc(C(C)C(C)(C)C)ccc34)nc3ccc4ccccc4c32)c2ccccc2c2ccccc12.[Ir]. The monoisotopic (exact) mass is 1110 g/mol. The molecule has 4 heterocycles. The van der Waals surface area contributed by atoms with Crippen LogP contribution in [0.1, 0.15) is 91.0 Å². The quantitative estimate of drug-likeness (QED) is 0.0946. The first-order valence-electron chi connectivity index (χ1n) is 24.5. The van der Waals surface area contributed by atoms with Crippen molar-refractivity contribution in [2.75, 3.05) is 0 Å². The minimum Gasteiger partial charge on any atom is -0.486 e. The summed E-state index contributed by atoms with van der Waals surface area (Å²) in [7, 11) is -1.27. The Morgan fingerprint density at radius 1 is 0.629 bits per heavy atom. The van der Waals surface area contributed by atoms with Gasteiger partial charge in [0.2, 0.25) is 5.71 Å². The number of pyridine rings is 2. The Balaban J connectivity index is 0.000000244. The van der Waals surface area contributed by atoms with Crippen LogP contribution in [-0.4, -0.2) is 27.6 Å². The molecule has 0 amide bonds. The van der Waals surface area contributed by atoms with Crippen LogP contribution in [0.15, 0.2) is 150 Å². The summed E-state index contributed by atoms with van der Waals surface area (Å²) in [6, 6.07) is 56.6. The van der Waals surface area contributed by atoms with Crippen molar-refractivity contribution in [2.45, 2.75) is 99.2 Å². The third kappa shape index (κ3) is 8.82. The molecule has 0 fully saturated rings. The molecule has 0 aliphatic carbocycles. The first-order chi connectivity index (χ1) is 32.9. The van der Waals surface area contributed by atoms with Gasteiger partial charge in [0.15, 0.2) is 0 Å². The molecule has 11 rings (SSSR count). The van der Waals surface area contributed by atoms with Crippen LogP contribution in [-0.2, 0) is 25.5 Å². The zero-order valence-electron chi connectivity index (χ0n) is 42.5. The summed E-state index contributed by atoms with van der Waals surface area (Å²) in [4.78, 5) is 15.2. The zero-order valence-corrected chi connectivity index (χ0v) is 45.9. The third-order valence-corrected chi connectivity index (χ3v) is 16.2. The minimum absolute atomic E-state index is 0. The smallest absolute Gasteiger partial charge is 0.216 e. The maximum atomic E-state index is 6.76. The summed E-state index contributed by atoms with van der Waals surface area (Å²) in [5.41, 5.74) is 11.4. The van der Waals surface area contributed by atoms with Gasteiger partial charge in [-0.3, -0.25) is 4.98 Å². The standard InChI is InChI=1S/C45H38N3O.C18H24NSi.Ir/c1-26(2)39-32-18-11-9-16-30(32)31-17-10-12-19-33(31)41(39)48-40-29-15-8-7-14-28(29)22-24-38(40)46-43(48)36-21-13-20-34-35-23-25-37(27(3)45(4,5)6)47-44(35)49-42(34)36;1-18(2,3)15-9-7-8-14(12-15)17-11-10-16(13-19-17)20(4,5)6;/h7-20,22-27H,1-6H3;7,9-13H,1-6H3;/q2*-1;. The van der Waals surface area contributed by atoms with Crippen molar-refractivity contribution >= 4 is 78.7 Å². The zero-order chi connectivity index (χ0) is 48.6. The Morgan fingerprint density at radius 3 is 1.94 bits per heavy atom. The third-order valence-electron chi connectivity index (χ3n) is 14.1. The molecule has 0 spiro atoms. The van der Waals surface area contributed by atoms with Crippen LogP contribution in [0.2, 0.25) is 19.6 Å². The number of benzene rings is 7. The molecule has 1 radical (unpaired) electrons. The Hall–Kier alpha value is -6.24. The molecule has 70 heavy (non-hydrogen) atoms. The molecule has 11 aromatic rings. The molecule has 0 bridgehead atoms. The van der Waals surface area contributed by atoms with E-state index in [1.807, 2.05) is 18.3 Å². The Bertz CT molecular complexity index is 3730. The maximum absolute atomic E-state index is 6.76. The number of imidazole rings is 1. The van der Waals surface area contributed by atoms with E-state index in [1.165, 1.54) is 43.2 Å². The summed E-state index contributed by atoms with van der Waals surface area (Å²) in [5.74, 6) is 1.31. The van der Waals surface area contributed by atoms with Gasteiger partial charge in [-0.2, -0.15) is 0 Å². The van der Waals surface area contributed by atoms with E-state index < -0.39 is 8.07 Å². The van der Waals surface area contributed by atoms with E-state index >= 15 is 0 Å². The van der Waals surface area contributed by atoms with E-state index in [-0.39, 0.29) is 42.8 Å². The van der Waals surface area contributed by atoms with Crippen molar-refractivity contribution in [3.8, 4) is 28.3 Å². The number of hydrogen-bond acceptors (Lipinski definition) is 4. The van der Waals surface area contributed by atoms with E-state index in [0.29, 0.717) is 5.71 Å². The van der Waals surface area contributed by atoms with Crippen LogP contribution in [0.3, 0.4) is 0 Å². The van der Waals surface area contributed by atoms with Crippen LogP contribution in [0.5, 0.6) is 0 Å². The van der Waals surface area contributed by atoms with Gasteiger partial charge in [-0.25, -0.2) is 4.98 Å². The molecule has 355 valence electrons. The average molecular weight is 1110 g/mol. The fourth-order valence-corrected chi connectivity index (χ4v) is 10.8. The van der Waals surface area contributed by atoms with Crippen LogP contribution in [0.25, 0.3) is 93.8 Å². The van der Waals surface area contributed by atoms with Crippen LogP contribution in [0.4, 0.5) is 0 Å². The summed E-state index contributed by atoms with van der Waals surface area (Å²) >= 11 is 0. The van der Waals surface area contributed by atoms with Crippen molar-refractivity contribution in [2.24, 2.45) is 5.41 Å². The number of nitrogens with zero attached hydrogens (tertiary/aromatic N) is 4. The summed E-state index contributed by atoms with van der Waals surface area (Å²) in [6.45, 7) is 27.3. The molecule has 0 aliphatic heterocycles. The van der Waals surface area contributed by atoms with Gasteiger partial charge in [-0.15, -0.1) is 53.6 Å². The van der Waals surface area contributed by atoms with E-state index in [4.69, 9.17) is 14.4 Å². The number of fused-ring (bicyclic) bond motifs is 9. The van der Waals surface area contributed by atoms with Gasteiger partial charge < -0.3 is 14.0 Å². The molecule has 0 saturated carbocycles. The topological polar surface area (TPSA) is 56.7 Å². The van der Waals surface area contributed by atoms with Gasteiger partial charge in [-0.1, -0.05) is 184 Å². The average Bonchev–Trinajstić information content (AvgIpc) is 3.91. The predicted octanol–water partition coefficient (Wildman–Crippen LogP) is 16.9. The van der Waals surface area contributed by atoms with Crippen molar-refractivity contribution in [1.29, 1.82) is 0 Å². The van der Waals surface area contributed by atoms with Crippen molar-refractivity contribution in [1.82, 2.24) is 19.5 Å². The van der Waals surface area contributed by atoms with E-state index in [9.17, 15) is 0 Å². The molecule has 0 aliphatic rings. The van der Waals surface area contributed by atoms with E-state index in [0.717, 1.165) is 66.8 Å². The largest absolute Gasteiger partial charge is 0.486 e. The fourth-order valence-electron chi connectivity index (χ4n) is 9.76. The van der Waals surface area contributed by atoms with Gasteiger partial charge >= 0.3 is 0 Å². The molecule has 4 aromatic heterocycles. The molecule has 5 nitrogen and oxygen atoms in total. The van der Waals surface area contributed by atoms with Crippen LogP contribution >= 0.6 is 0 Å². The van der Waals surface area contributed by atoms with Gasteiger partial charge in [0, 0.05) is 54.1 Å². The minimum atomic E-state index is -1.27. The number of aromatic nitrogens is 4. The van der Waals surface area contributed by atoms with Gasteiger partial charge in [-0.05, 0) is 72.9 Å². The van der Waals surface area contributed by atoms with Crippen molar-refractivity contribution < 1.29 is 24.5 Å². The van der Waals surface area contributed by atoms with Crippen LogP contribution in [0, 0.1) is 17.5 Å². The summed E-state index contributed by atoms with van der Waals surface area (Å²) < 4.78 is 9.16. The Labute approximate surface area is 427 Å². The molecule has 1 atom stereocenters. The fraction of sp³-hybridized carbons (Fsp3) is 0.254. The first kappa shape index (κ1) is 48.8. The van der Waals surface area contributed by atoms with Crippen LogP contribution < -0.4 is 5.19 Å². The molecular formula is C63H62IrN4OSi-2. The predicted molar refractivity (Wildman–Crippen MR) is 295 cm³/mol. The van der Waals surface area contributed by atoms with E-state index in [2.05, 4.69) is 231 Å². The second kappa shape index (κ2) is 18.5. The Morgan fingerprint density at radius 2 is 1.29 bits per heavy atom. The molecule has 0 N–H and O–H groups in total. The Kier molecular flexibility index (Phi) is 12.9.